The Hall–Kier alpha value is -1.58. The molecule has 0 spiro atoms. The van der Waals surface area contributed by atoms with Crippen LogP contribution < -0.4 is 9.88 Å². The number of pyridine rings is 1. The Morgan fingerprint density at radius 3 is 2.58 bits per heavy atom. The Morgan fingerprint density at radius 2 is 1.89 bits per heavy atom. The number of rotatable bonds is 3. The molecule has 5 heteroatoms. The van der Waals surface area contributed by atoms with Crippen molar-refractivity contribution in [2.45, 2.75) is 13.5 Å². The van der Waals surface area contributed by atoms with E-state index in [1.165, 1.54) is 0 Å². The van der Waals surface area contributed by atoms with E-state index < -0.39 is 0 Å². The molecular formula is C14H13Cl2N2O+. The van der Waals surface area contributed by atoms with Crippen LogP contribution in [0.3, 0.4) is 0 Å². The number of anilines is 1. The normalized spacial score (nSPS) is 10.3. The van der Waals surface area contributed by atoms with Gasteiger partial charge in [-0.1, -0.05) is 29.3 Å². The minimum atomic E-state index is -0.155. The molecule has 0 unspecified atom stereocenters. The molecule has 0 bridgehead atoms. The number of nitrogens with zero attached hydrogens (tertiary/aromatic N) is 1. The maximum Gasteiger partial charge on any atom is 0.290 e. The average molecular weight is 296 g/mol. The monoisotopic (exact) mass is 295 g/mol. The summed E-state index contributed by atoms with van der Waals surface area (Å²) in [6, 6.07) is 9.02. The number of amides is 1. The first-order valence-corrected chi connectivity index (χ1v) is 6.51. The van der Waals surface area contributed by atoms with Gasteiger partial charge in [0.1, 0.15) is 0 Å². The van der Waals surface area contributed by atoms with Crippen molar-refractivity contribution in [3.8, 4) is 0 Å². The second kappa shape index (κ2) is 6.04. The van der Waals surface area contributed by atoms with E-state index >= 15 is 0 Å². The summed E-state index contributed by atoms with van der Waals surface area (Å²) in [6.07, 6.45) is 3.71. The highest BCUT2D eigenvalue weighted by molar-refractivity contribution is 6.43. The van der Waals surface area contributed by atoms with Crippen LogP contribution in [0.15, 0.2) is 42.7 Å². The summed E-state index contributed by atoms with van der Waals surface area (Å²) in [5, 5.41) is 3.51. The third-order valence-corrected chi connectivity index (χ3v) is 3.43. The van der Waals surface area contributed by atoms with Crippen molar-refractivity contribution in [1.82, 2.24) is 0 Å². The van der Waals surface area contributed by atoms with E-state index in [0.29, 0.717) is 15.7 Å². The molecule has 1 heterocycles. The summed E-state index contributed by atoms with van der Waals surface area (Å²) >= 11 is 11.9. The first kappa shape index (κ1) is 13.8. The Morgan fingerprint density at radius 1 is 1.21 bits per heavy atom. The third-order valence-electron chi connectivity index (χ3n) is 2.61. The molecule has 0 saturated carbocycles. The summed E-state index contributed by atoms with van der Waals surface area (Å²) in [4.78, 5) is 11.9. The lowest BCUT2D eigenvalue weighted by Gasteiger charge is -2.06. The first-order valence-electron chi connectivity index (χ1n) is 5.76. The predicted octanol–water partition coefficient (Wildman–Crippen LogP) is 3.23. The standard InChI is InChI=1S/C14H12Cl2N2O/c1-10-5-7-18(8-6-10)9-13(19)17-12-4-2-3-11(15)14(12)16/h2-8H,9H2,1H3/p+1. The van der Waals surface area contributed by atoms with Crippen molar-refractivity contribution in [2.24, 2.45) is 0 Å². The molecule has 19 heavy (non-hydrogen) atoms. The summed E-state index contributed by atoms with van der Waals surface area (Å²) < 4.78 is 1.79. The number of carbonyl (C=O) groups excluding carboxylic acids is 1. The van der Waals surface area contributed by atoms with Crippen LogP contribution >= 0.6 is 23.2 Å². The van der Waals surface area contributed by atoms with Gasteiger partial charge >= 0.3 is 0 Å². The molecule has 1 aromatic heterocycles. The highest BCUT2D eigenvalue weighted by Gasteiger charge is 2.12. The van der Waals surface area contributed by atoms with Crippen LogP contribution in [0, 0.1) is 6.92 Å². The van der Waals surface area contributed by atoms with Crippen molar-refractivity contribution in [2.75, 3.05) is 5.32 Å². The highest BCUT2D eigenvalue weighted by atomic mass is 35.5. The zero-order valence-electron chi connectivity index (χ0n) is 10.4. The third kappa shape index (κ3) is 3.69. The minimum Gasteiger partial charge on any atom is -0.319 e. The van der Waals surface area contributed by atoms with Gasteiger partial charge in [-0.2, -0.15) is 4.57 Å². The molecule has 0 saturated heterocycles. The van der Waals surface area contributed by atoms with Gasteiger partial charge in [0.15, 0.2) is 12.4 Å². The van der Waals surface area contributed by atoms with Crippen LogP contribution in [-0.2, 0) is 11.3 Å². The number of aromatic nitrogens is 1. The van der Waals surface area contributed by atoms with E-state index in [4.69, 9.17) is 23.2 Å². The Bertz CT molecular complexity index is 597. The molecule has 1 aromatic carbocycles. The molecule has 0 aliphatic rings. The Labute approximate surface area is 121 Å². The largest absolute Gasteiger partial charge is 0.319 e. The second-order valence-electron chi connectivity index (χ2n) is 4.20. The first-order chi connectivity index (χ1) is 9.06. The summed E-state index contributed by atoms with van der Waals surface area (Å²) in [6.45, 7) is 2.22. The van der Waals surface area contributed by atoms with Gasteiger partial charge in [0.25, 0.3) is 5.91 Å². The topological polar surface area (TPSA) is 33.0 Å². The summed E-state index contributed by atoms with van der Waals surface area (Å²) in [5.74, 6) is -0.155. The van der Waals surface area contributed by atoms with Crippen molar-refractivity contribution in [1.29, 1.82) is 0 Å². The molecule has 1 amide bonds. The lowest BCUT2D eigenvalue weighted by Crippen LogP contribution is -2.39. The maximum atomic E-state index is 11.9. The van der Waals surface area contributed by atoms with E-state index in [1.54, 1.807) is 22.8 Å². The average Bonchev–Trinajstić information content (AvgIpc) is 2.38. The van der Waals surface area contributed by atoms with Gasteiger partial charge in [-0.25, -0.2) is 0 Å². The number of benzene rings is 1. The molecule has 3 nitrogen and oxygen atoms in total. The van der Waals surface area contributed by atoms with Crippen LogP contribution in [0.4, 0.5) is 5.69 Å². The SMILES string of the molecule is Cc1cc[n+](CC(=O)Nc2cccc(Cl)c2Cl)cc1. The Kier molecular flexibility index (Phi) is 4.40. The fourth-order valence-electron chi connectivity index (χ4n) is 1.59. The number of halogens is 2. The molecule has 0 atom stereocenters. The van der Waals surface area contributed by atoms with Crippen LogP contribution in [0.25, 0.3) is 0 Å². The summed E-state index contributed by atoms with van der Waals surface area (Å²) in [5.41, 5.74) is 1.67. The molecule has 0 aliphatic carbocycles. The van der Waals surface area contributed by atoms with Crippen LogP contribution in [0.2, 0.25) is 10.0 Å². The number of hydrogen-bond acceptors (Lipinski definition) is 1. The van der Waals surface area contributed by atoms with Crippen molar-refractivity contribution >= 4 is 34.8 Å². The van der Waals surface area contributed by atoms with Crippen LogP contribution in [0.5, 0.6) is 0 Å². The lowest BCUT2D eigenvalue weighted by molar-refractivity contribution is -0.684. The molecule has 0 fully saturated rings. The van der Waals surface area contributed by atoms with E-state index in [9.17, 15) is 4.79 Å². The molecule has 1 N–H and O–H groups in total. The smallest absolute Gasteiger partial charge is 0.290 e. The molecule has 98 valence electrons. The van der Waals surface area contributed by atoms with Crippen LogP contribution in [-0.4, -0.2) is 5.91 Å². The highest BCUT2D eigenvalue weighted by Crippen LogP contribution is 2.29. The van der Waals surface area contributed by atoms with Gasteiger partial charge in [-0.15, -0.1) is 0 Å². The van der Waals surface area contributed by atoms with E-state index in [-0.39, 0.29) is 12.5 Å². The molecule has 0 radical (unpaired) electrons. The lowest BCUT2D eigenvalue weighted by atomic mass is 10.3. The number of carbonyl (C=O) groups is 1. The fourth-order valence-corrected chi connectivity index (χ4v) is 1.94. The molecule has 2 rings (SSSR count). The van der Waals surface area contributed by atoms with Gasteiger partial charge in [-0.3, -0.25) is 4.79 Å². The Balaban J connectivity index is 2.05. The van der Waals surface area contributed by atoms with Gasteiger partial charge in [0.05, 0.1) is 15.7 Å². The minimum absolute atomic E-state index is 0.155. The quantitative estimate of drug-likeness (QED) is 0.867. The van der Waals surface area contributed by atoms with Crippen molar-refractivity contribution in [3.05, 3.63) is 58.3 Å². The molecular weight excluding hydrogens is 283 g/mol. The van der Waals surface area contributed by atoms with Crippen LogP contribution in [0.1, 0.15) is 5.56 Å². The second-order valence-corrected chi connectivity index (χ2v) is 4.98. The van der Waals surface area contributed by atoms with Crippen molar-refractivity contribution < 1.29 is 9.36 Å². The predicted molar refractivity (Wildman–Crippen MR) is 76.5 cm³/mol. The van der Waals surface area contributed by atoms with Gasteiger partial charge in [-0.05, 0) is 24.6 Å². The zero-order valence-corrected chi connectivity index (χ0v) is 11.9. The maximum absolute atomic E-state index is 11.9. The molecule has 0 aliphatic heterocycles. The van der Waals surface area contributed by atoms with Crippen molar-refractivity contribution in [3.63, 3.8) is 0 Å². The number of nitrogens with one attached hydrogen (secondary N) is 1. The number of aryl methyl sites for hydroxylation is 1. The summed E-state index contributed by atoms with van der Waals surface area (Å²) in [7, 11) is 0. The van der Waals surface area contributed by atoms with E-state index in [0.717, 1.165) is 5.56 Å². The zero-order chi connectivity index (χ0) is 13.8. The fraction of sp³-hybridized carbons (Fsp3) is 0.143. The molecule has 2 aromatic rings. The van der Waals surface area contributed by atoms with Gasteiger partial charge < -0.3 is 5.32 Å². The van der Waals surface area contributed by atoms with Gasteiger partial charge in [0.2, 0.25) is 6.54 Å². The number of hydrogen-bond donors (Lipinski definition) is 1. The van der Waals surface area contributed by atoms with E-state index in [1.807, 2.05) is 31.5 Å². The van der Waals surface area contributed by atoms with E-state index in [2.05, 4.69) is 5.32 Å². The van der Waals surface area contributed by atoms with Gasteiger partial charge in [0, 0.05) is 12.1 Å².